The van der Waals surface area contributed by atoms with E-state index in [0.717, 1.165) is 19.3 Å². The molecule has 20 heavy (non-hydrogen) atoms. The molecule has 0 aliphatic heterocycles. The molecule has 1 aromatic carbocycles. The normalized spacial score (nSPS) is 16.6. The highest BCUT2D eigenvalue weighted by Gasteiger charge is 2.18. The Morgan fingerprint density at radius 2 is 1.90 bits per heavy atom. The zero-order valence-corrected chi connectivity index (χ0v) is 12.1. The molecule has 0 N–H and O–H groups in total. The van der Waals surface area contributed by atoms with E-state index < -0.39 is 0 Å². The van der Waals surface area contributed by atoms with Gasteiger partial charge in [-0.3, -0.25) is 4.79 Å². The number of carbonyl (C=O) groups excluding carboxylic acids is 1. The van der Waals surface area contributed by atoms with Gasteiger partial charge in [-0.2, -0.15) is 0 Å². The molecule has 0 bridgehead atoms. The van der Waals surface area contributed by atoms with Gasteiger partial charge in [-0.15, -0.1) is 0 Å². The first-order valence-corrected chi connectivity index (χ1v) is 7.68. The Labute approximate surface area is 121 Å². The van der Waals surface area contributed by atoms with Gasteiger partial charge in [0.25, 0.3) is 0 Å². The molecular formula is C18H24O2. The van der Waals surface area contributed by atoms with Gasteiger partial charge < -0.3 is 4.74 Å². The summed E-state index contributed by atoms with van der Waals surface area (Å²) < 4.78 is 5.58. The van der Waals surface area contributed by atoms with E-state index in [1.807, 2.05) is 24.3 Å². The van der Waals surface area contributed by atoms with E-state index in [4.69, 9.17) is 4.74 Å². The van der Waals surface area contributed by atoms with Crippen LogP contribution in [0.5, 0.6) is 0 Å². The molecule has 2 nitrogen and oxygen atoms in total. The highest BCUT2D eigenvalue weighted by atomic mass is 16.5. The number of allylic oxidation sites excluding steroid dienone is 1. The standard InChI is InChI=1S/C18H24O2/c19-18(17-11-5-2-6-12-17)13-7-8-14-20-15-16-9-3-1-4-10-16/h1,3-4,7,9-10,13,17H,2,5-6,8,11-12,14-15H2. The summed E-state index contributed by atoms with van der Waals surface area (Å²) >= 11 is 0. The molecule has 0 spiro atoms. The molecule has 108 valence electrons. The maximum absolute atomic E-state index is 11.9. The van der Waals surface area contributed by atoms with E-state index in [0.29, 0.717) is 19.0 Å². The van der Waals surface area contributed by atoms with E-state index in [2.05, 4.69) is 12.1 Å². The van der Waals surface area contributed by atoms with E-state index in [-0.39, 0.29) is 5.92 Å². The van der Waals surface area contributed by atoms with Crippen LogP contribution in [0, 0.1) is 5.92 Å². The fraction of sp³-hybridized carbons (Fsp3) is 0.500. The monoisotopic (exact) mass is 272 g/mol. The molecule has 1 aliphatic carbocycles. The number of rotatable bonds is 7. The Morgan fingerprint density at radius 3 is 2.65 bits per heavy atom. The second-order valence-corrected chi connectivity index (χ2v) is 5.47. The van der Waals surface area contributed by atoms with Crippen molar-refractivity contribution in [3.8, 4) is 0 Å². The number of ketones is 1. The lowest BCUT2D eigenvalue weighted by atomic mass is 9.86. The number of ether oxygens (including phenoxy) is 1. The lowest BCUT2D eigenvalue weighted by Crippen LogP contribution is -2.15. The maximum atomic E-state index is 11.9. The lowest BCUT2D eigenvalue weighted by molar-refractivity contribution is -0.119. The average Bonchev–Trinajstić information content (AvgIpc) is 2.52. The van der Waals surface area contributed by atoms with E-state index >= 15 is 0 Å². The van der Waals surface area contributed by atoms with E-state index in [1.54, 1.807) is 6.08 Å². The number of carbonyl (C=O) groups is 1. The second kappa shape index (κ2) is 8.70. The third-order valence-electron chi connectivity index (χ3n) is 3.83. The Morgan fingerprint density at radius 1 is 1.15 bits per heavy atom. The van der Waals surface area contributed by atoms with Crippen molar-refractivity contribution < 1.29 is 9.53 Å². The topological polar surface area (TPSA) is 26.3 Å². The molecule has 2 heteroatoms. The minimum atomic E-state index is 0.283. The molecule has 1 aromatic rings. The van der Waals surface area contributed by atoms with Crippen molar-refractivity contribution in [2.75, 3.05) is 6.61 Å². The second-order valence-electron chi connectivity index (χ2n) is 5.47. The zero-order chi connectivity index (χ0) is 14.0. The van der Waals surface area contributed by atoms with Gasteiger partial charge in [0.2, 0.25) is 0 Å². The summed E-state index contributed by atoms with van der Waals surface area (Å²) in [5.41, 5.74) is 1.19. The molecule has 1 fully saturated rings. The predicted octanol–water partition coefficient (Wildman–Crippen LogP) is 4.30. The van der Waals surface area contributed by atoms with Crippen LogP contribution in [0.25, 0.3) is 0 Å². The predicted molar refractivity (Wildman–Crippen MR) is 81.4 cm³/mol. The van der Waals surface area contributed by atoms with Crippen molar-refractivity contribution in [2.45, 2.75) is 45.1 Å². The molecule has 1 saturated carbocycles. The maximum Gasteiger partial charge on any atom is 0.158 e. The first-order valence-electron chi connectivity index (χ1n) is 7.68. The van der Waals surface area contributed by atoms with Crippen LogP contribution in [0.4, 0.5) is 0 Å². The third-order valence-corrected chi connectivity index (χ3v) is 3.83. The number of hydrogen-bond donors (Lipinski definition) is 0. The van der Waals surface area contributed by atoms with Crippen molar-refractivity contribution in [3.63, 3.8) is 0 Å². The van der Waals surface area contributed by atoms with Gasteiger partial charge >= 0.3 is 0 Å². The Kier molecular flexibility index (Phi) is 6.52. The van der Waals surface area contributed by atoms with Crippen LogP contribution in [-0.2, 0) is 16.1 Å². The van der Waals surface area contributed by atoms with Gasteiger partial charge in [0, 0.05) is 5.92 Å². The number of hydrogen-bond acceptors (Lipinski definition) is 2. The first kappa shape index (κ1) is 15.0. The van der Waals surface area contributed by atoms with Gasteiger partial charge in [0.1, 0.15) is 0 Å². The van der Waals surface area contributed by atoms with E-state index in [1.165, 1.54) is 24.8 Å². The van der Waals surface area contributed by atoms with Gasteiger partial charge in [-0.25, -0.2) is 0 Å². The minimum Gasteiger partial charge on any atom is -0.376 e. The fourth-order valence-electron chi connectivity index (χ4n) is 2.64. The summed E-state index contributed by atoms with van der Waals surface area (Å²) in [6, 6.07) is 10.1. The van der Waals surface area contributed by atoms with Gasteiger partial charge in [0.05, 0.1) is 13.2 Å². The summed E-state index contributed by atoms with van der Waals surface area (Å²) in [6.07, 6.45) is 10.4. The fourth-order valence-corrected chi connectivity index (χ4v) is 2.64. The minimum absolute atomic E-state index is 0.283. The summed E-state index contributed by atoms with van der Waals surface area (Å²) in [7, 11) is 0. The lowest BCUT2D eigenvalue weighted by Gasteiger charge is -2.18. The summed E-state index contributed by atoms with van der Waals surface area (Å²) in [4.78, 5) is 11.9. The van der Waals surface area contributed by atoms with Crippen LogP contribution < -0.4 is 0 Å². The first-order chi connectivity index (χ1) is 9.86. The summed E-state index contributed by atoms with van der Waals surface area (Å²) in [5.74, 6) is 0.595. The Balaban J connectivity index is 1.58. The van der Waals surface area contributed by atoms with Crippen molar-refractivity contribution in [2.24, 2.45) is 5.92 Å². The van der Waals surface area contributed by atoms with Gasteiger partial charge in [0.15, 0.2) is 5.78 Å². The highest BCUT2D eigenvalue weighted by Crippen LogP contribution is 2.24. The molecule has 1 aliphatic rings. The van der Waals surface area contributed by atoms with Crippen LogP contribution >= 0.6 is 0 Å². The molecule has 0 saturated heterocycles. The van der Waals surface area contributed by atoms with Crippen molar-refractivity contribution in [1.82, 2.24) is 0 Å². The van der Waals surface area contributed by atoms with Gasteiger partial charge in [-0.1, -0.05) is 55.7 Å². The number of benzene rings is 1. The Bertz CT molecular complexity index is 416. The van der Waals surface area contributed by atoms with Crippen molar-refractivity contribution >= 4 is 5.78 Å². The molecule has 0 heterocycles. The van der Waals surface area contributed by atoms with Crippen LogP contribution in [0.1, 0.15) is 44.1 Å². The molecule has 0 radical (unpaired) electrons. The highest BCUT2D eigenvalue weighted by molar-refractivity contribution is 5.91. The molecule has 2 rings (SSSR count). The SMILES string of the molecule is O=C(C=CCCOCc1ccccc1)C1CCCCC1. The zero-order valence-electron chi connectivity index (χ0n) is 12.1. The van der Waals surface area contributed by atoms with Crippen LogP contribution in [0.15, 0.2) is 42.5 Å². The average molecular weight is 272 g/mol. The molecule has 0 unspecified atom stereocenters. The summed E-state index contributed by atoms with van der Waals surface area (Å²) in [5, 5.41) is 0. The summed E-state index contributed by atoms with van der Waals surface area (Å²) in [6.45, 7) is 1.31. The quantitative estimate of drug-likeness (QED) is 0.546. The molecule has 0 amide bonds. The van der Waals surface area contributed by atoms with Crippen molar-refractivity contribution in [1.29, 1.82) is 0 Å². The molecule has 0 atom stereocenters. The van der Waals surface area contributed by atoms with E-state index in [9.17, 15) is 4.79 Å². The molecule has 0 aromatic heterocycles. The van der Waals surface area contributed by atoms with Crippen LogP contribution in [-0.4, -0.2) is 12.4 Å². The van der Waals surface area contributed by atoms with Crippen molar-refractivity contribution in [3.05, 3.63) is 48.0 Å². The third kappa shape index (κ3) is 5.30. The Hall–Kier alpha value is -1.41. The van der Waals surface area contributed by atoms with Gasteiger partial charge in [-0.05, 0) is 30.9 Å². The largest absolute Gasteiger partial charge is 0.376 e. The van der Waals surface area contributed by atoms with Crippen LogP contribution in [0.3, 0.4) is 0 Å². The van der Waals surface area contributed by atoms with Crippen LogP contribution in [0.2, 0.25) is 0 Å². The molecular weight excluding hydrogens is 248 g/mol. The smallest absolute Gasteiger partial charge is 0.158 e.